The number of amides is 4. The Kier molecular flexibility index (Phi) is 23.2. The first-order valence-corrected chi connectivity index (χ1v) is 29.0. The Morgan fingerprint density at radius 2 is 1.30 bits per heavy atom. The van der Waals surface area contributed by atoms with Gasteiger partial charge in [0.25, 0.3) is 11.8 Å². The van der Waals surface area contributed by atoms with Crippen molar-refractivity contribution < 1.29 is 90.3 Å². The zero-order chi connectivity index (χ0) is 59.7. The monoisotopic (exact) mass is 1180 g/mol. The van der Waals surface area contributed by atoms with Gasteiger partial charge in [-0.05, 0) is 72.9 Å². The number of fused-ring (bicyclic) bond motifs is 7. The minimum atomic E-state index is -2.23. The summed E-state index contributed by atoms with van der Waals surface area (Å²) in [6.07, 6.45) is 2.96. The Morgan fingerprint density at radius 1 is 0.726 bits per heavy atom. The SMILES string of the molecule is C=C1C=C[C@@]2(C)C(=C1)[C@@H](F)C[C@H]1[C@@H]3C[C@H]4O[C@@H](c5ccc(Cc6cccc(NC(=O)CCOCCOCCOCCOCCOCCOCCOCCOCCNC(=O)CCN7C(=O)C=CC7=O)c6)cc5)O[C@@]4(C(=O)CO)[C@@]3(C)C[C@H](O)[C@@]12F. The van der Waals surface area contributed by atoms with Gasteiger partial charge in [-0.25, -0.2) is 8.78 Å². The molecule has 4 N–H and O–H groups in total. The molecule has 0 bridgehead atoms. The molecule has 0 aromatic heterocycles. The largest absolute Gasteiger partial charge is 0.390 e. The fourth-order valence-electron chi connectivity index (χ4n) is 12.8. The van der Waals surface area contributed by atoms with Crippen molar-refractivity contribution in [3.05, 3.63) is 113 Å². The first-order valence-electron chi connectivity index (χ1n) is 29.0. The summed E-state index contributed by atoms with van der Waals surface area (Å²) >= 11 is 0. The summed E-state index contributed by atoms with van der Waals surface area (Å²) in [5.74, 6) is -3.45. The standard InChI is InChI=1S/C62H81F2N3O17/c1-42-13-16-59(2)49(35-42)50(63)38-48-47-39-53-62(52(70)41-68,60(47,3)40-51(69)61(48,59)64)84-58(83-53)45-9-7-43(8-10-45)36-44-5-4-6-46(37-44)66-55(72)15-19-75-21-23-77-25-27-79-29-31-81-33-34-82-32-30-80-28-26-78-24-22-76-20-17-65-54(71)14-18-67-56(73)11-12-57(67)74/h4-13,16,35,37,47-48,50-51,53,58,68-69H,1,14-15,17-34,36,38-41H2,2-3H3,(H,65,71)(H,66,72)/t47-,48-,50-,51-,53+,58+,59-,60-,61-,62+/m0/s1. The van der Waals surface area contributed by atoms with Crippen LogP contribution in [-0.2, 0) is 77.8 Å². The highest BCUT2D eigenvalue weighted by molar-refractivity contribution is 6.13. The summed E-state index contributed by atoms with van der Waals surface area (Å²) in [4.78, 5) is 62.7. The average Bonchev–Trinajstić information content (AvgIpc) is 1.39. The van der Waals surface area contributed by atoms with Crippen LogP contribution in [0, 0.1) is 22.7 Å². The van der Waals surface area contributed by atoms with Crippen LogP contribution in [0.1, 0.15) is 68.9 Å². The summed E-state index contributed by atoms with van der Waals surface area (Å²) in [7, 11) is 0. The lowest BCUT2D eigenvalue weighted by Gasteiger charge is -2.63. The van der Waals surface area contributed by atoms with Gasteiger partial charge in [-0.3, -0.25) is 28.9 Å². The predicted octanol–water partition coefficient (Wildman–Crippen LogP) is 4.80. The summed E-state index contributed by atoms with van der Waals surface area (Å²) in [6.45, 7) is 12.9. The molecule has 2 aromatic carbocycles. The van der Waals surface area contributed by atoms with Gasteiger partial charge in [0.2, 0.25) is 11.8 Å². The number of aliphatic hydroxyl groups is 2. The van der Waals surface area contributed by atoms with Crippen molar-refractivity contribution in [1.29, 1.82) is 0 Å². The van der Waals surface area contributed by atoms with Crippen LogP contribution in [0.15, 0.2) is 96.6 Å². The number of aliphatic hydroxyl groups excluding tert-OH is 2. The van der Waals surface area contributed by atoms with Gasteiger partial charge in [0.1, 0.15) is 12.8 Å². The Morgan fingerprint density at radius 3 is 1.88 bits per heavy atom. The molecule has 2 aromatic rings. The van der Waals surface area contributed by atoms with Crippen LogP contribution in [0.4, 0.5) is 14.5 Å². The number of carbonyl (C=O) groups is 5. The molecule has 1 saturated heterocycles. The lowest BCUT2D eigenvalue weighted by Crippen LogP contribution is -2.70. The quantitative estimate of drug-likeness (QED) is 0.0529. The minimum absolute atomic E-state index is 0.0329. The highest BCUT2D eigenvalue weighted by Gasteiger charge is 2.80. The molecule has 460 valence electrons. The maximum atomic E-state index is 17.9. The average molecular weight is 1180 g/mol. The number of ether oxygens (including phenoxy) is 10. The van der Waals surface area contributed by atoms with Gasteiger partial charge in [0.05, 0.1) is 124 Å². The molecule has 10 atom stereocenters. The minimum Gasteiger partial charge on any atom is -0.390 e. The lowest BCUT2D eigenvalue weighted by atomic mass is 9.44. The lowest BCUT2D eigenvalue weighted by molar-refractivity contribution is -0.235. The number of hydrogen-bond acceptors (Lipinski definition) is 17. The molecule has 0 spiro atoms. The van der Waals surface area contributed by atoms with E-state index in [9.17, 15) is 34.2 Å². The van der Waals surface area contributed by atoms with Crippen LogP contribution in [0.5, 0.6) is 0 Å². The molecule has 84 heavy (non-hydrogen) atoms. The number of alkyl halides is 2. The van der Waals surface area contributed by atoms with Gasteiger partial charge in [0.15, 0.2) is 23.3 Å². The topological polar surface area (TPSA) is 245 Å². The third kappa shape index (κ3) is 15.0. The van der Waals surface area contributed by atoms with E-state index in [1.165, 1.54) is 12.2 Å². The maximum Gasteiger partial charge on any atom is 0.253 e. The maximum absolute atomic E-state index is 17.9. The van der Waals surface area contributed by atoms with Crippen LogP contribution < -0.4 is 10.6 Å². The highest BCUT2D eigenvalue weighted by atomic mass is 19.1. The highest BCUT2D eigenvalue weighted by Crippen LogP contribution is 2.72. The van der Waals surface area contributed by atoms with Crippen molar-refractivity contribution in [3.63, 3.8) is 0 Å². The van der Waals surface area contributed by atoms with Crippen molar-refractivity contribution in [3.8, 4) is 0 Å². The zero-order valence-corrected chi connectivity index (χ0v) is 48.1. The van der Waals surface area contributed by atoms with Crippen LogP contribution in [-0.4, -0.2) is 200 Å². The van der Waals surface area contributed by atoms with Crippen molar-refractivity contribution in [2.75, 3.05) is 131 Å². The molecular formula is C62H81F2N3O17. The van der Waals surface area contributed by atoms with Gasteiger partial charge in [-0.2, -0.15) is 0 Å². The third-order valence-electron chi connectivity index (χ3n) is 17.0. The number of rotatable bonds is 36. The van der Waals surface area contributed by atoms with Gasteiger partial charge in [-0.15, -0.1) is 0 Å². The molecule has 20 nitrogen and oxygen atoms in total. The van der Waals surface area contributed by atoms with Gasteiger partial charge >= 0.3 is 0 Å². The van der Waals surface area contributed by atoms with Crippen molar-refractivity contribution in [1.82, 2.24) is 10.2 Å². The summed E-state index contributed by atoms with van der Waals surface area (Å²) in [5.41, 5.74) is -2.50. The molecular weight excluding hydrogens is 1100 g/mol. The Balaban J connectivity index is 0.616. The molecule has 3 saturated carbocycles. The number of nitrogens with zero attached hydrogens (tertiary/aromatic N) is 1. The smallest absolute Gasteiger partial charge is 0.253 e. The number of nitrogens with one attached hydrogen (secondary N) is 2. The number of Topliss-reactive ketones (excluding diaryl/α,β-unsaturated/α-hetero) is 1. The number of halogens is 2. The molecule has 2 heterocycles. The summed E-state index contributed by atoms with van der Waals surface area (Å²) < 4.78 is 91.3. The van der Waals surface area contributed by atoms with E-state index in [0.717, 1.165) is 16.0 Å². The van der Waals surface area contributed by atoms with Crippen LogP contribution in [0.25, 0.3) is 0 Å². The number of imide groups is 1. The third-order valence-corrected chi connectivity index (χ3v) is 17.0. The second kappa shape index (κ2) is 30.2. The summed E-state index contributed by atoms with van der Waals surface area (Å²) in [6, 6.07) is 15.1. The molecule has 2 aliphatic heterocycles. The first-order chi connectivity index (χ1) is 40.5. The predicted molar refractivity (Wildman–Crippen MR) is 301 cm³/mol. The Labute approximate surface area is 489 Å². The van der Waals surface area contributed by atoms with E-state index >= 15 is 8.78 Å². The molecule has 0 unspecified atom stereocenters. The normalized spacial score (nSPS) is 28.5. The Hall–Kier alpha value is -5.47. The second-order valence-corrected chi connectivity index (χ2v) is 22.2. The fourth-order valence-corrected chi connectivity index (χ4v) is 12.8. The van der Waals surface area contributed by atoms with E-state index < -0.39 is 82.8 Å². The molecule has 4 fully saturated rings. The van der Waals surface area contributed by atoms with Crippen LogP contribution in [0.3, 0.4) is 0 Å². The zero-order valence-electron chi connectivity index (χ0n) is 48.1. The number of benzene rings is 2. The van der Waals surface area contributed by atoms with Crippen molar-refractivity contribution >= 4 is 35.1 Å². The Bertz CT molecular complexity index is 2670. The number of ketones is 1. The molecule has 8 rings (SSSR count). The van der Waals surface area contributed by atoms with Gasteiger partial charge < -0.3 is 68.2 Å². The number of carbonyl (C=O) groups excluding carboxylic acids is 5. The van der Waals surface area contributed by atoms with E-state index in [0.29, 0.717) is 129 Å². The number of anilines is 1. The second-order valence-electron chi connectivity index (χ2n) is 22.2. The van der Waals surface area contributed by atoms with E-state index in [4.69, 9.17) is 47.4 Å². The molecule has 4 amide bonds. The number of hydrogen-bond donors (Lipinski definition) is 4. The van der Waals surface area contributed by atoms with Gasteiger partial charge in [0, 0.05) is 59.7 Å². The van der Waals surface area contributed by atoms with E-state index in [2.05, 4.69) is 17.2 Å². The number of allylic oxidation sites excluding steroid dienone is 5. The van der Waals surface area contributed by atoms with E-state index in [-0.39, 0.29) is 62.6 Å². The first kappa shape index (κ1) is 64.5. The molecule has 6 aliphatic rings. The van der Waals surface area contributed by atoms with Gasteiger partial charge in [-0.1, -0.05) is 68.1 Å². The molecule has 0 radical (unpaired) electrons. The molecule has 4 aliphatic carbocycles. The van der Waals surface area contributed by atoms with E-state index in [1.54, 1.807) is 32.1 Å². The van der Waals surface area contributed by atoms with E-state index in [1.807, 2.05) is 48.5 Å². The molecule has 22 heteroatoms. The van der Waals surface area contributed by atoms with Crippen LogP contribution in [0.2, 0.25) is 0 Å². The summed E-state index contributed by atoms with van der Waals surface area (Å²) in [5, 5.41) is 27.9. The fraction of sp³-hybridized carbons (Fsp3) is 0.597. The van der Waals surface area contributed by atoms with Crippen molar-refractivity contribution in [2.45, 2.75) is 88.3 Å². The van der Waals surface area contributed by atoms with Crippen LogP contribution >= 0.6 is 0 Å². The van der Waals surface area contributed by atoms with Crippen molar-refractivity contribution in [2.24, 2.45) is 22.7 Å².